The van der Waals surface area contributed by atoms with Crippen LogP contribution in [0.4, 0.5) is 16.5 Å². The number of para-hydroxylation sites is 2. The second-order valence-corrected chi connectivity index (χ2v) is 5.40. The summed E-state index contributed by atoms with van der Waals surface area (Å²) in [5, 5.41) is 3.81. The molecule has 0 aliphatic carbocycles. The van der Waals surface area contributed by atoms with Crippen LogP contribution in [-0.4, -0.2) is 18.1 Å². The monoisotopic (exact) mass is 299 g/mol. The van der Waals surface area contributed by atoms with Crippen LogP contribution in [0.5, 0.6) is 0 Å². The smallest absolute Gasteiger partial charge is 0.340 e. The van der Waals surface area contributed by atoms with Crippen molar-refractivity contribution in [3.05, 3.63) is 48.0 Å². The van der Waals surface area contributed by atoms with Crippen LogP contribution >= 0.6 is 11.3 Å². The number of aromatic nitrogens is 1. The van der Waals surface area contributed by atoms with Crippen LogP contribution in [0.25, 0.3) is 10.2 Å². The lowest BCUT2D eigenvalue weighted by Gasteiger charge is -2.11. The molecule has 3 N–H and O–H groups in total. The molecule has 0 bridgehead atoms. The maximum Gasteiger partial charge on any atom is 0.340 e. The molecule has 21 heavy (non-hydrogen) atoms. The zero-order valence-corrected chi connectivity index (χ0v) is 12.1. The lowest BCUT2D eigenvalue weighted by atomic mass is 10.1. The van der Waals surface area contributed by atoms with Crippen LogP contribution < -0.4 is 11.1 Å². The molecular weight excluding hydrogens is 286 g/mol. The lowest BCUT2D eigenvalue weighted by molar-refractivity contribution is 0.0602. The van der Waals surface area contributed by atoms with Crippen molar-refractivity contribution in [2.75, 3.05) is 18.2 Å². The van der Waals surface area contributed by atoms with Gasteiger partial charge in [-0.25, -0.2) is 9.78 Å². The molecule has 0 saturated carbocycles. The largest absolute Gasteiger partial charge is 0.465 e. The van der Waals surface area contributed by atoms with E-state index in [9.17, 15) is 4.79 Å². The number of benzene rings is 2. The van der Waals surface area contributed by atoms with Crippen molar-refractivity contribution < 1.29 is 9.53 Å². The van der Waals surface area contributed by atoms with E-state index in [-0.39, 0.29) is 0 Å². The predicted molar refractivity (Wildman–Crippen MR) is 85.1 cm³/mol. The number of nitrogens with one attached hydrogen (secondary N) is 1. The van der Waals surface area contributed by atoms with Gasteiger partial charge in [-0.3, -0.25) is 0 Å². The van der Waals surface area contributed by atoms with Crippen molar-refractivity contribution in [2.45, 2.75) is 0 Å². The van der Waals surface area contributed by atoms with E-state index < -0.39 is 5.97 Å². The van der Waals surface area contributed by atoms with Crippen LogP contribution in [0.15, 0.2) is 42.5 Å². The molecule has 0 unspecified atom stereocenters. The number of hydrogen-bond acceptors (Lipinski definition) is 6. The number of nitrogens with two attached hydrogens (primary N) is 1. The minimum Gasteiger partial charge on any atom is -0.465 e. The highest BCUT2D eigenvalue weighted by atomic mass is 32.1. The minimum atomic E-state index is -0.439. The van der Waals surface area contributed by atoms with Crippen molar-refractivity contribution in [3.8, 4) is 0 Å². The van der Waals surface area contributed by atoms with Crippen molar-refractivity contribution in [2.24, 2.45) is 0 Å². The predicted octanol–water partition coefficient (Wildman–Crippen LogP) is 3.41. The van der Waals surface area contributed by atoms with Gasteiger partial charge in [0.1, 0.15) is 0 Å². The highest BCUT2D eigenvalue weighted by Gasteiger charge is 2.15. The summed E-state index contributed by atoms with van der Waals surface area (Å²) < 4.78 is 5.84. The van der Waals surface area contributed by atoms with E-state index in [1.54, 1.807) is 18.2 Å². The number of rotatable bonds is 3. The maximum absolute atomic E-state index is 11.8. The van der Waals surface area contributed by atoms with E-state index in [1.807, 2.05) is 24.3 Å². The number of esters is 1. The molecule has 0 amide bonds. The number of nitrogens with zero attached hydrogens (tertiary/aromatic N) is 1. The fourth-order valence-corrected chi connectivity index (χ4v) is 2.89. The van der Waals surface area contributed by atoms with E-state index in [0.29, 0.717) is 22.1 Å². The van der Waals surface area contributed by atoms with Crippen LogP contribution in [0.3, 0.4) is 0 Å². The lowest BCUT2D eigenvalue weighted by Crippen LogP contribution is -2.07. The molecule has 3 rings (SSSR count). The zero-order chi connectivity index (χ0) is 14.8. The highest BCUT2D eigenvalue weighted by molar-refractivity contribution is 7.22. The Hall–Kier alpha value is -2.60. The summed E-state index contributed by atoms with van der Waals surface area (Å²) in [6.45, 7) is 0. The molecule has 6 heteroatoms. The number of carbonyl (C=O) groups excluding carboxylic acids is 1. The van der Waals surface area contributed by atoms with E-state index >= 15 is 0 Å². The van der Waals surface area contributed by atoms with Crippen LogP contribution in [0.2, 0.25) is 0 Å². The van der Waals surface area contributed by atoms with Crippen LogP contribution in [0, 0.1) is 0 Å². The minimum absolute atomic E-state index is 0.386. The summed E-state index contributed by atoms with van der Waals surface area (Å²) in [5.41, 5.74) is 8.24. The Balaban J connectivity index is 2.02. The first-order chi connectivity index (χ1) is 10.2. The Morgan fingerprint density at radius 3 is 2.81 bits per heavy atom. The molecule has 0 fully saturated rings. The summed E-state index contributed by atoms with van der Waals surface area (Å²) in [7, 11) is 1.34. The number of nitrogen functional groups attached to an aromatic ring is 1. The first-order valence-corrected chi connectivity index (χ1v) is 7.10. The van der Waals surface area contributed by atoms with Gasteiger partial charge in [0.2, 0.25) is 0 Å². The number of fused-ring (bicyclic) bond motifs is 1. The molecule has 0 spiro atoms. The zero-order valence-electron chi connectivity index (χ0n) is 11.3. The molecule has 5 nitrogen and oxygen atoms in total. The third-order valence-corrected chi connectivity index (χ3v) is 3.98. The van der Waals surface area contributed by atoms with Gasteiger partial charge in [0, 0.05) is 0 Å². The highest BCUT2D eigenvalue weighted by Crippen LogP contribution is 2.32. The number of methoxy groups -OCH3 is 1. The molecule has 1 aromatic heterocycles. The van der Waals surface area contributed by atoms with Crippen molar-refractivity contribution in [1.82, 2.24) is 4.98 Å². The number of anilines is 3. The van der Waals surface area contributed by atoms with Gasteiger partial charge in [0.25, 0.3) is 0 Å². The third kappa shape index (κ3) is 2.53. The number of carbonyl (C=O) groups is 1. The fourth-order valence-electron chi connectivity index (χ4n) is 2.02. The van der Waals surface area contributed by atoms with Crippen molar-refractivity contribution >= 4 is 44.0 Å². The van der Waals surface area contributed by atoms with Crippen LogP contribution in [-0.2, 0) is 4.74 Å². The van der Waals surface area contributed by atoms with Crippen LogP contribution in [0.1, 0.15) is 10.4 Å². The van der Waals surface area contributed by atoms with Gasteiger partial charge >= 0.3 is 5.97 Å². The molecule has 0 atom stereocenters. The summed E-state index contributed by atoms with van der Waals surface area (Å²) in [6, 6.07) is 12.9. The second kappa shape index (κ2) is 5.41. The Labute approximate surface area is 125 Å². The van der Waals surface area contributed by atoms with E-state index in [1.165, 1.54) is 18.4 Å². The Bertz CT molecular complexity index is 781. The molecule has 2 aromatic carbocycles. The SMILES string of the molecule is COC(=O)c1cccc(N)c1Nc1nc2ccccc2s1. The summed E-state index contributed by atoms with van der Waals surface area (Å²) in [4.78, 5) is 16.3. The normalized spacial score (nSPS) is 10.5. The van der Waals surface area contributed by atoms with Gasteiger partial charge in [-0.1, -0.05) is 29.5 Å². The summed E-state index contributed by atoms with van der Waals surface area (Å²) in [6.07, 6.45) is 0. The number of thiazole rings is 1. The Kier molecular flexibility index (Phi) is 3.45. The molecule has 106 valence electrons. The topological polar surface area (TPSA) is 77.2 Å². The van der Waals surface area contributed by atoms with Gasteiger partial charge in [-0.2, -0.15) is 0 Å². The Morgan fingerprint density at radius 1 is 1.24 bits per heavy atom. The van der Waals surface area contributed by atoms with E-state index in [4.69, 9.17) is 10.5 Å². The second-order valence-electron chi connectivity index (χ2n) is 4.37. The van der Waals surface area contributed by atoms with Gasteiger partial charge in [0.05, 0.1) is 34.3 Å². The molecular formula is C15H13N3O2S. The van der Waals surface area contributed by atoms with E-state index in [2.05, 4.69) is 10.3 Å². The molecule has 1 heterocycles. The average molecular weight is 299 g/mol. The van der Waals surface area contributed by atoms with Gasteiger partial charge in [0.15, 0.2) is 5.13 Å². The first-order valence-electron chi connectivity index (χ1n) is 6.28. The molecule has 3 aromatic rings. The molecule has 0 aliphatic heterocycles. The Morgan fingerprint density at radius 2 is 2.05 bits per heavy atom. The van der Waals surface area contributed by atoms with Gasteiger partial charge in [-0.05, 0) is 24.3 Å². The quantitative estimate of drug-likeness (QED) is 0.572. The standard InChI is InChI=1S/C15H13N3O2S/c1-20-14(19)9-5-4-6-10(16)13(9)18-15-17-11-7-2-3-8-12(11)21-15/h2-8H,16H2,1H3,(H,17,18). The fraction of sp³-hybridized carbons (Fsp3) is 0.0667. The van der Waals surface area contributed by atoms with Crippen molar-refractivity contribution in [1.29, 1.82) is 0 Å². The first kappa shape index (κ1) is 13.4. The third-order valence-electron chi connectivity index (χ3n) is 3.03. The van der Waals surface area contributed by atoms with E-state index in [0.717, 1.165) is 10.2 Å². The molecule has 0 radical (unpaired) electrons. The summed E-state index contributed by atoms with van der Waals surface area (Å²) >= 11 is 1.50. The maximum atomic E-state index is 11.8. The molecule has 0 aliphatic rings. The van der Waals surface area contributed by atoms with Gasteiger partial charge < -0.3 is 15.8 Å². The number of hydrogen-bond donors (Lipinski definition) is 2. The molecule has 0 saturated heterocycles. The summed E-state index contributed by atoms with van der Waals surface area (Å²) in [5.74, 6) is -0.439. The number of ether oxygens (including phenoxy) is 1. The average Bonchev–Trinajstić information content (AvgIpc) is 2.91. The van der Waals surface area contributed by atoms with Crippen molar-refractivity contribution in [3.63, 3.8) is 0 Å². The van der Waals surface area contributed by atoms with Gasteiger partial charge in [-0.15, -0.1) is 0 Å².